The molecule has 16 heavy (non-hydrogen) atoms. The molecule has 0 radical (unpaired) electrons. The lowest BCUT2D eigenvalue weighted by Crippen LogP contribution is -2.19. The zero-order chi connectivity index (χ0) is 11.1. The summed E-state index contributed by atoms with van der Waals surface area (Å²) in [6.07, 6.45) is 12.3. The Bertz CT molecular complexity index is 278. The van der Waals surface area contributed by atoms with E-state index in [0.717, 1.165) is 19.0 Å². The third-order valence-corrected chi connectivity index (χ3v) is 3.53. The summed E-state index contributed by atoms with van der Waals surface area (Å²) in [5.74, 6) is 0.985. The van der Waals surface area contributed by atoms with Crippen LogP contribution in [0.1, 0.15) is 44.1 Å². The summed E-state index contributed by atoms with van der Waals surface area (Å²) in [4.78, 5) is 4.02. The summed E-state index contributed by atoms with van der Waals surface area (Å²) >= 11 is 0. The summed E-state index contributed by atoms with van der Waals surface area (Å²) < 4.78 is 0. The molecule has 0 aliphatic heterocycles. The normalized spacial score (nSPS) is 17.5. The van der Waals surface area contributed by atoms with Crippen molar-refractivity contribution in [3.05, 3.63) is 30.1 Å². The molecule has 1 heterocycles. The van der Waals surface area contributed by atoms with Crippen LogP contribution in [0.2, 0.25) is 0 Å². The van der Waals surface area contributed by atoms with E-state index in [4.69, 9.17) is 0 Å². The molecule has 1 aliphatic rings. The van der Waals surface area contributed by atoms with E-state index in [-0.39, 0.29) is 0 Å². The van der Waals surface area contributed by atoms with Gasteiger partial charge in [0.15, 0.2) is 0 Å². The van der Waals surface area contributed by atoms with Crippen molar-refractivity contribution in [1.82, 2.24) is 10.3 Å². The number of hydrogen-bond acceptors (Lipinski definition) is 2. The maximum absolute atomic E-state index is 4.02. The Morgan fingerprint density at radius 3 is 2.62 bits per heavy atom. The van der Waals surface area contributed by atoms with Crippen LogP contribution in [0.5, 0.6) is 0 Å². The van der Waals surface area contributed by atoms with Crippen molar-refractivity contribution >= 4 is 0 Å². The minimum atomic E-state index is 0.981. The van der Waals surface area contributed by atoms with Crippen molar-refractivity contribution in [2.45, 2.75) is 45.1 Å². The van der Waals surface area contributed by atoms with Crippen LogP contribution in [0, 0.1) is 5.92 Å². The largest absolute Gasteiger partial charge is 0.313 e. The Balaban J connectivity index is 1.58. The van der Waals surface area contributed by atoms with Crippen LogP contribution in [0.15, 0.2) is 24.5 Å². The minimum absolute atomic E-state index is 0.981. The van der Waals surface area contributed by atoms with Gasteiger partial charge < -0.3 is 5.32 Å². The molecular formula is C14H22N2. The quantitative estimate of drug-likeness (QED) is 0.768. The van der Waals surface area contributed by atoms with Crippen molar-refractivity contribution in [3.8, 4) is 0 Å². The van der Waals surface area contributed by atoms with E-state index in [0.29, 0.717) is 0 Å². The first-order chi connectivity index (χ1) is 7.95. The molecule has 2 rings (SSSR count). The highest BCUT2D eigenvalue weighted by molar-refractivity contribution is 5.08. The second-order valence-electron chi connectivity index (χ2n) is 4.82. The maximum Gasteiger partial charge on any atom is 0.0271 e. The lowest BCUT2D eigenvalue weighted by molar-refractivity contribution is 0.334. The predicted molar refractivity (Wildman–Crippen MR) is 67.1 cm³/mol. The van der Waals surface area contributed by atoms with E-state index in [2.05, 4.69) is 22.4 Å². The predicted octanol–water partition coefficient (Wildman–Crippen LogP) is 3.14. The van der Waals surface area contributed by atoms with Crippen molar-refractivity contribution in [2.24, 2.45) is 5.92 Å². The average molecular weight is 218 g/mol. The number of aromatic nitrogens is 1. The maximum atomic E-state index is 4.02. The molecule has 88 valence electrons. The van der Waals surface area contributed by atoms with Gasteiger partial charge in [0.25, 0.3) is 0 Å². The van der Waals surface area contributed by atoms with Gasteiger partial charge in [-0.15, -0.1) is 0 Å². The molecule has 0 spiro atoms. The standard InChI is InChI=1S/C14H22N2/c1-2-4-13(5-3-1)6-11-16-12-14-7-9-15-10-8-14/h7-10,13,16H,1-6,11-12H2. The van der Waals surface area contributed by atoms with Crippen molar-refractivity contribution < 1.29 is 0 Å². The molecule has 2 heteroatoms. The Morgan fingerprint density at radius 1 is 1.12 bits per heavy atom. The Hall–Kier alpha value is -0.890. The van der Waals surface area contributed by atoms with Crippen LogP contribution in [0.3, 0.4) is 0 Å². The molecule has 0 bridgehead atoms. The number of nitrogens with one attached hydrogen (secondary N) is 1. The lowest BCUT2D eigenvalue weighted by atomic mass is 9.87. The van der Waals surface area contributed by atoms with Gasteiger partial charge in [-0.2, -0.15) is 0 Å². The summed E-state index contributed by atoms with van der Waals surface area (Å²) in [5, 5.41) is 3.52. The highest BCUT2D eigenvalue weighted by Gasteiger charge is 2.12. The van der Waals surface area contributed by atoms with Gasteiger partial charge in [0.1, 0.15) is 0 Å². The van der Waals surface area contributed by atoms with Crippen LogP contribution in [-0.2, 0) is 6.54 Å². The van der Waals surface area contributed by atoms with E-state index < -0.39 is 0 Å². The molecular weight excluding hydrogens is 196 g/mol. The zero-order valence-corrected chi connectivity index (χ0v) is 9.99. The monoisotopic (exact) mass is 218 g/mol. The summed E-state index contributed by atoms with van der Waals surface area (Å²) in [5.41, 5.74) is 1.33. The topological polar surface area (TPSA) is 24.9 Å². The van der Waals surface area contributed by atoms with E-state index in [9.17, 15) is 0 Å². The third-order valence-electron chi connectivity index (χ3n) is 3.53. The van der Waals surface area contributed by atoms with E-state index in [1.54, 1.807) is 0 Å². The van der Waals surface area contributed by atoms with E-state index in [1.165, 1.54) is 44.1 Å². The first-order valence-electron chi connectivity index (χ1n) is 6.55. The first-order valence-corrected chi connectivity index (χ1v) is 6.55. The summed E-state index contributed by atoms with van der Waals surface area (Å²) in [6.45, 7) is 2.14. The number of hydrogen-bond donors (Lipinski definition) is 1. The fraction of sp³-hybridized carbons (Fsp3) is 0.643. The number of rotatable bonds is 5. The molecule has 0 unspecified atom stereocenters. The minimum Gasteiger partial charge on any atom is -0.313 e. The lowest BCUT2D eigenvalue weighted by Gasteiger charge is -2.21. The molecule has 1 saturated carbocycles. The van der Waals surface area contributed by atoms with Gasteiger partial charge in [0.2, 0.25) is 0 Å². The van der Waals surface area contributed by atoms with Crippen LogP contribution < -0.4 is 5.32 Å². The van der Waals surface area contributed by atoms with Gasteiger partial charge in [-0.05, 0) is 36.6 Å². The van der Waals surface area contributed by atoms with Gasteiger partial charge in [-0.1, -0.05) is 32.1 Å². The van der Waals surface area contributed by atoms with Crippen molar-refractivity contribution in [1.29, 1.82) is 0 Å². The highest BCUT2D eigenvalue weighted by atomic mass is 14.8. The molecule has 1 N–H and O–H groups in total. The molecule has 1 aromatic heterocycles. The molecule has 1 aromatic rings. The van der Waals surface area contributed by atoms with Gasteiger partial charge in [0.05, 0.1) is 0 Å². The summed E-state index contributed by atoms with van der Waals surface area (Å²) in [6, 6.07) is 4.15. The second kappa shape index (κ2) is 6.64. The van der Waals surface area contributed by atoms with Crippen molar-refractivity contribution in [3.63, 3.8) is 0 Å². The Kier molecular flexibility index (Phi) is 4.81. The fourth-order valence-corrected chi connectivity index (χ4v) is 2.52. The molecule has 0 aromatic carbocycles. The first kappa shape index (κ1) is 11.6. The number of nitrogens with zero attached hydrogens (tertiary/aromatic N) is 1. The number of pyridine rings is 1. The van der Waals surface area contributed by atoms with Crippen LogP contribution >= 0.6 is 0 Å². The molecule has 2 nitrogen and oxygen atoms in total. The van der Waals surface area contributed by atoms with Crippen molar-refractivity contribution in [2.75, 3.05) is 6.54 Å². The molecule has 0 atom stereocenters. The van der Waals surface area contributed by atoms with Crippen LogP contribution in [0.4, 0.5) is 0 Å². The zero-order valence-electron chi connectivity index (χ0n) is 9.99. The van der Waals surface area contributed by atoms with Gasteiger partial charge >= 0.3 is 0 Å². The second-order valence-corrected chi connectivity index (χ2v) is 4.82. The van der Waals surface area contributed by atoms with Gasteiger partial charge in [0, 0.05) is 18.9 Å². The Labute approximate surface area is 98.5 Å². The average Bonchev–Trinajstić information content (AvgIpc) is 2.37. The Morgan fingerprint density at radius 2 is 1.88 bits per heavy atom. The molecule has 1 fully saturated rings. The third kappa shape index (κ3) is 3.93. The molecule has 0 saturated heterocycles. The summed E-state index contributed by atoms with van der Waals surface area (Å²) in [7, 11) is 0. The SMILES string of the molecule is c1cc(CNCCC2CCCCC2)ccn1. The van der Waals surface area contributed by atoms with Crippen LogP contribution in [-0.4, -0.2) is 11.5 Å². The van der Waals surface area contributed by atoms with Gasteiger partial charge in [-0.3, -0.25) is 4.98 Å². The molecule has 1 aliphatic carbocycles. The smallest absolute Gasteiger partial charge is 0.0271 e. The van der Waals surface area contributed by atoms with E-state index >= 15 is 0 Å². The molecule has 0 amide bonds. The van der Waals surface area contributed by atoms with E-state index in [1.807, 2.05) is 12.4 Å². The fourth-order valence-electron chi connectivity index (χ4n) is 2.52. The van der Waals surface area contributed by atoms with Gasteiger partial charge in [-0.25, -0.2) is 0 Å². The van der Waals surface area contributed by atoms with Crippen LogP contribution in [0.25, 0.3) is 0 Å². The highest BCUT2D eigenvalue weighted by Crippen LogP contribution is 2.25.